The molecule has 1 fully saturated rings. The van der Waals surface area contributed by atoms with Gasteiger partial charge in [-0.15, -0.1) is 0 Å². The van der Waals surface area contributed by atoms with E-state index in [9.17, 15) is 9.18 Å². The minimum absolute atomic E-state index is 0.0295. The Labute approximate surface area is 106 Å². The van der Waals surface area contributed by atoms with Gasteiger partial charge in [0.1, 0.15) is 17.1 Å². The number of ether oxygens (including phenoxy) is 1. The smallest absolute Gasteiger partial charge is 0.260 e. The minimum Gasteiger partial charge on any atom is -0.496 e. The second-order valence-electron chi connectivity index (χ2n) is 4.21. The Hall–Kier alpha value is -1.62. The Morgan fingerprint density at radius 1 is 1.39 bits per heavy atom. The number of hydrogen-bond donors (Lipinski definition) is 1. The summed E-state index contributed by atoms with van der Waals surface area (Å²) in [6, 6.07) is 4.42. The summed E-state index contributed by atoms with van der Waals surface area (Å²) in [5.74, 6) is -0.539. The molecule has 1 amide bonds. The molecule has 18 heavy (non-hydrogen) atoms. The van der Waals surface area contributed by atoms with Gasteiger partial charge in [-0.25, -0.2) is 4.39 Å². The van der Waals surface area contributed by atoms with Crippen LogP contribution in [0.2, 0.25) is 0 Å². The second kappa shape index (κ2) is 5.82. The molecule has 4 nitrogen and oxygen atoms in total. The largest absolute Gasteiger partial charge is 0.496 e. The summed E-state index contributed by atoms with van der Waals surface area (Å²) in [5.41, 5.74) is 0.0295. The van der Waals surface area contributed by atoms with E-state index in [0.29, 0.717) is 13.1 Å². The van der Waals surface area contributed by atoms with Gasteiger partial charge in [-0.2, -0.15) is 0 Å². The van der Waals surface area contributed by atoms with E-state index in [4.69, 9.17) is 4.74 Å². The van der Waals surface area contributed by atoms with E-state index in [1.807, 2.05) is 0 Å². The molecule has 1 heterocycles. The van der Waals surface area contributed by atoms with Gasteiger partial charge in [0.25, 0.3) is 5.91 Å². The quantitative estimate of drug-likeness (QED) is 0.862. The lowest BCUT2D eigenvalue weighted by Crippen LogP contribution is -2.34. The molecule has 1 aliphatic heterocycles. The van der Waals surface area contributed by atoms with Crippen LogP contribution in [0, 0.1) is 5.82 Å². The second-order valence-corrected chi connectivity index (χ2v) is 4.21. The molecule has 0 unspecified atom stereocenters. The Balaban J connectivity index is 2.27. The van der Waals surface area contributed by atoms with Crippen LogP contribution < -0.4 is 10.1 Å². The molecular formula is C13H17FN2O2. The van der Waals surface area contributed by atoms with Crippen molar-refractivity contribution in [2.45, 2.75) is 6.42 Å². The van der Waals surface area contributed by atoms with Crippen molar-refractivity contribution in [2.24, 2.45) is 0 Å². The number of hydrogen-bond acceptors (Lipinski definition) is 3. The normalized spacial score (nSPS) is 16.2. The zero-order valence-corrected chi connectivity index (χ0v) is 10.4. The van der Waals surface area contributed by atoms with Crippen molar-refractivity contribution in [3.63, 3.8) is 0 Å². The van der Waals surface area contributed by atoms with Crippen LogP contribution in [0.15, 0.2) is 18.2 Å². The minimum atomic E-state index is -0.531. The Bertz CT molecular complexity index is 429. The number of nitrogens with zero attached hydrogens (tertiary/aromatic N) is 1. The van der Waals surface area contributed by atoms with Gasteiger partial charge in [0.15, 0.2) is 0 Å². The van der Waals surface area contributed by atoms with Crippen molar-refractivity contribution >= 4 is 5.91 Å². The lowest BCUT2D eigenvalue weighted by molar-refractivity contribution is 0.0758. The molecule has 1 saturated heterocycles. The van der Waals surface area contributed by atoms with Crippen LogP contribution in [0.1, 0.15) is 16.8 Å². The van der Waals surface area contributed by atoms with E-state index in [1.165, 1.54) is 19.2 Å². The maximum atomic E-state index is 13.8. The molecule has 1 aromatic rings. The van der Waals surface area contributed by atoms with Gasteiger partial charge in [-0.1, -0.05) is 6.07 Å². The molecule has 0 atom stereocenters. The van der Waals surface area contributed by atoms with E-state index in [-0.39, 0.29) is 17.2 Å². The maximum absolute atomic E-state index is 13.8. The Kier molecular flexibility index (Phi) is 4.15. The monoisotopic (exact) mass is 252 g/mol. The first-order valence-corrected chi connectivity index (χ1v) is 6.06. The molecule has 0 saturated carbocycles. The summed E-state index contributed by atoms with van der Waals surface area (Å²) in [4.78, 5) is 14.0. The zero-order chi connectivity index (χ0) is 13.0. The highest BCUT2D eigenvalue weighted by atomic mass is 19.1. The van der Waals surface area contributed by atoms with E-state index in [2.05, 4.69) is 5.32 Å². The molecule has 1 N–H and O–H groups in total. The number of amides is 1. The predicted octanol–water partition coefficient (Wildman–Crippen LogP) is 1.27. The molecule has 1 aromatic carbocycles. The molecule has 98 valence electrons. The van der Waals surface area contributed by atoms with Crippen molar-refractivity contribution in [1.29, 1.82) is 0 Å². The first kappa shape index (κ1) is 12.8. The highest BCUT2D eigenvalue weighted by Crippen LogP contribution is 2.23. The molecule has 2 rings (SSSR count). The van der Waals surface area contributed by atoms with Crippen LogP contribution in [-0.2, 0) is 0 Å². The number of carbonyl (C=O) groups excluding carboxylic acids is 1. The average molecular weight is 252 g/mol. The fourth-order valence-corrected chi connectivity index (χ4v) is 2.09. The van der Waals surface area contributed by atoms with Crippen LogP contribution in [0.5, 0.6) is 5.75 Å². The number of carbonyl (C=O) groups is 1. The average Bonchev–Trinajstić information content (AvgIpc) is 2.66. The summed E-state index contributed by atoms with van der Waals surface area (Å²) in [5, 5.41) is 3.21. The van der Waals surface area contributed by atoms with Crippen LogP contribution >= 0.6 is 0 Å². The third-order valence-electron chi connectivity index (χ3n) is 3.04. The van der Waals surface area contributed by atoms with Crippen molar-refractivity contribution in [3.05, 3.63) is 29.6 Å². The lowest BCUT2D eigenvalue weighted by Gasteiger charge is -2.21. The molecule has 0 radical (unpaired) electrons. The highest BCUT2D eigenvalue weighted by Gasteiger charge is 2.23. The number of halogens is 1. The summed E-state index contributed by atoms with van der Waals surface area (Å²) >= 11 is 0. The van der Waals surface area contributed by atoms with Crippen LogP contribution in [0.25, 0.3) is 0 Å². The van der Waals surface area contributed by atoms with Crippen molar-refractivity contribution in [1.82, 2.24) is 10.2 Å². The van der Waals surface area contributed by atoms with Crippen LogP contribution in [-0.4, -0.2) is 44.1 Å². The maximum Gasteiger partial charge on any atom is 0.260 e. The standard InChI is InChI=1S/C13H17FN2O2/c1-18-11-5-2-4-10(14)12(11)13(17)16-8-3-6-15-7-9-16/h2,4-5,15H,3,6-9H2,1H3. The van der Waals surface area contributed by atoms with E-state index < -0.39 is 5.82 Å². The first-order chi connectivity index (χ1) is 8.74. The van der Waals surface area contributed by atoms with Gasteiger partial charge in [0, 0.05) is 19.6 Å². The fraction of sp³-hybridized carbons (Fsp3) is 0.462. The van der Waals surface area contributed by atoms with Gasteiger partial charge in [-0.05, 0) is 25.1 Å². The van der Waals surface area contributed by atoms with E-state index in [0.717, 1.165) is 19.5 Å². The number of nitrogens with one attached hydrogen (secondary N) is 1. The molecule has 1 aliphatic rings. The number of methoxy groups -OCH3 is 1. The summed E-state index contributed by atoms with van der Waals surface area (Å²) in [7, 11) is 1.44. The number of rotatable bonds is 2. The van der Waals surface area contributed by atoms with E-state index in [1.54, 1.807) is 11.0 Å². The zero-order valence-electron chi connectivity index (χ0n) is 10.4. The van der Waals surface area contributed by atoms with Gasteiger partial charge in [0.05, 0.1) is 7.11 Å². The summed E-state index contributed by atoms with van der Waals surface area (Å²) in [6.07, 6.45) is 0.877. The Morgan fingerprint density at radius 2 is 2.22 bits per heavy atom. The molecule has 0 bridgehead atoms. The summed E-state index contributed by atoms with van der Waals surface area (Å²) < 4.78 is 18.9. The van der Waals surface area contributed by atoms with Crippen molar-refractivity contribution < 1.29 is 13.9 Å². The topological polar surface area (TPSA) is 41.6 Å². The van der Waals surface area contributed by atoms with Crippen LogP contribution in [0.3, 0.4) is 0 Å². The lowest BCUT2D eigenvalue weighted by atomic mass is 10.1. The third kappa shape index (κ3) is 2.61. The highest BCUT2D eigenvalue weighted by molar-refractivity contribution is 5.97. The van der Waals surface area contributed by atoms with E-state index >= 15 is 0 Å². The van der Waals surface area contributed by atoms with Gasteiger partial charge < -0.3 is 15.0 Å². The third-order valence-corrected chi connectivity index (χ3v) is 3.04. The SMILES string of the molecule is COc1cccc(F)c1C(=O)N1CCCNCC1. The van der Waals surface area contributed by atoms with Gasteiger partial charge in [-0.3, -0.25) is 4.79 Å². The van der Waals surface area contributed by atoms with Crippen molar-refractivity contribution in [2.75, 3.05) is 33.3 Å². The van der Waals surface area contributed by atoms with Gasteiger partial charge in [0.2, 0.25) is 0 Å². The first-order valence-electron chi connectivity index (χ1n) is 6.06. The van der Waals surface area contributed by atoms with Gasteiger partial charge >= 0.3 is 0 Å². The molecular weight excluding hydrogens is 235 g/mol. The molecule has 0 aliphatic carbocycles. The van der Waals surface area contributed by atoms with Crippen LogP contribution in [0.4, 0.5) is 4.39 Å². The fourth-order valence-electron chi connectivity index (χ4n) is 2.09. The Morgan fingerprint density at radius 3 is 3.00 bits per heavy atom. The van der Waals surface area contributed by atoms with Crippen molar-refractivity contribution in [3.8, 4) is 5.75 Å². The summed E-state index contributed by atoms with van der Waals surface area (Å²) in [6.45, 7) is 2.86. The predicted molar refractivity (Wildman–Crippen MR) is 66.3 cm³/mol. The molecule has 0 aromatic heterocycles. The molecule has 5 heteroatoms. The number of benzene rings is 1. The molecule has 0 spiro atoms.